The Morgan fingerprint density at radius 3 is 2.39 bits per heavy atom. The second-order valence-electron chi connectivity index (χ2n) is 5.94. The summed E-state index contributed by atoms with van der Waals surface area (Å²) in [6, 6.07) is 15.4. The second-order valence-corrected chi connectivity index (χ2v) is 6.31. The first-order valence-electron chi connectivity index (χ1n) is 8.62. The Bertz CT molecular complexity index is 1010. The van der Waals surface area contributed by atoms with Crippen LogP contribution in [0.3, 0.4) is 0 Å². The van der Waals surface area contributed by atoms with Crippen LogP contribution in [0.25, 0.3) is 5.69 Å². The number of nitro benzene ring substituents is 1. The molecule has 28 heavy (non-hydrogen) atoms. The summed E-state index contributed by atoms with van der Waals surface area (Å²) in [6.07, 6.45) is 2.28. The molecular weight excluding hydrogens is 382 g/mol. The van der Waals surface area contributed by atoms with Crippen molar-refractivity contribution >= 4 is 28.7 Å². The van der Waals surface area contributed by atoms with E-state index in [1.165, 1.54) is 30.5 Å². The van der Waals surface area contributed by atoms with Crippen molar-refractivity contribution in [3.8, 4) is 5.69 Å². The minimum Gasteiger partial charge on any atom is -0.385 e. The van der Waals surface area contributed by atoms with Crippen LogP contribution in [0.2, 0.25) is 5.02 Å². The number of benzene rings is 2. The fourth-order valence-corrected chi connectivity index (χ4v) is 2.75. The molecule has 8 nitrogen and oxygen atoms in total. The van der Waals surface area contributed by atoms with Gasteiger partial charge in [0.05, 0.1) is 22.5 Å². The zero-order chi connectivity index (χ0) is 19.9. The molecular formula is C19H18ClN5O3. The summed E-state index contributed by atoms with van der Waals surface area (Å²) in [5, 5.41) is 21.3. The Hall–Kier alpha value is -3.39. The third kappa shape index (κ3) is 4.66. The number of rotatable bonds is 8. The van der Waals surface area contributed by atoms with Crippen LogP contribution in [0.15, 0.2) is 65.6 Å². The van der Waals surface area contributed by atoms with Crippen LogP contribution in [0.4, 0.5) is 17.1 Å². The molecule has 0 aliphatic carbocycles. The van der Waals surface area contributed by atoms with Crippen LogP contribution < -0.4 is 16.2 Å². The lowest BCUT2D eigenvalue weighted by Crippen LogP contribution is -2.23. The maximum absolute atomic E-state index is 12.5. The van der Waals surface area contributed by atoms with Gasteiger partial charge >= 0.3 is 0 Å². The summed E-state index contributed by atoms with van der Waals surface area (Å²) < 4.78 is 1.11. The number of halogens is 1. The van der Waals surface area contributed by atoms with Gasteiger partial charge in [-0.3, -0.25) is 14.9 Å². The molecule has 1 aromatic heterocycles. The molecule has 2 aromatic carbocycles. The van der Waals surface area contributed by atoms with E-state index in [0.717, 1.165) is 23.3 Å². The molecule has 0 atom stereocenters. The van der Waals surface area contributed by atoms with Gasteiger partial charge < -0.3 is 10.6 Å². The van der Waals surface area contributed by atoms with Gasteiger partial charge in [0, 0.05) is 30.9 Å². The minimum absolute atomic E-state index is 0.0179. The Morgan fingerprint density at radius 2 is 1.71 bits per heavy atom. The van der Waals surface area contributed by atoms with E-state index in [2.05, 4.69) is 15.7 Å². The zero-order valence-electron chi connectivity index (χ0n) is 14.8. The number of nitrogens with one attached hydrogen (secondary N) is 2. The normalized spacial score (nSPS) is 10.5. The third-order valence-corrected chi connectivity index (χ3v) is 4.36. The van der Waals surface area contributed by atoms with Crippen molar-refractivity contribution in [2.45, 2.75) is 6.42 Å². The molecule has 0 fully saturated rings. The smallest absolute Gasteiger partial charge is 0.292 e. The molecule has 0 spiro atoms. The molecule has 0 radical (unpaired) electrons. The Balaban J connectivity index is 1.60. The Kier molecular flexibility index (Phi) is 6.23. The zero-order valence-corrected chi connectivity index (χ0v) is 15.6. The van der Waals surface area contributed by atoms with Crippen LogP contribution >= 0.6 is 11.6 Å². The lowest BCUT2D eigenvalue weighted by molar-refractivity contribution is -0.384. The summed E-state index contributed by atoms with van der Waals surface area (Å²) >= 11 is 6.18. The number of hydrogen-bond acceptors (Lipinski definition) is 6. The number of non-ortho nitro benzene ring substituents is 1. The molecule has 3 rings (SSSR count). The van der Waals surface area contributed by atoms with Crippen molar-refractivity contribution in [1.82, 2.24) is 9.78 Å². The fourth-order valence-electron chi connectivity index (χ4n) is 2.56. The summed E-state index contributed by atoms with van der Waals surface area (Å²) in [5.41, 5.74) is 1.33. The molecule has 0 saturated carbocycles. The van der Waals surface area contributed by atoms with Crippen molar-refractivity contribution in [2.75, 3.05) is 23.7 Å². The lowest BCUT2D eigenvalue weighted by atomic mass is 10.3. The number of anilines is 2. The topological polar surface area (TPSA) is 102 Å². The SMILES string of the molecule is O=c1c(Cl)c(NCCCNc2ccccc2)cnn1-c1ccc([N+](=O)[O-])cc1. The number of para-hydroxylation sites is 1. The first-order chi connectivity index (χ1) is 13.6. The van der Waals surface area contributed by atoms with Crippen LogP contribution in [-0.4, -0.2) is 27.8 Å². The molecule has 0 unspecified atom stereocenters. The van der Waals surface area contributed by atoms with E-state index in [1.54, 1.807) is 0 Å². The first-order valence-corrected chi connectivity index (χ1v) is 8.99. The molecule has 2 N–H and O–H groups in total. The minimum atomic E-state index is -0.507. The quantitative estimate of drug-likeness (QED) is 0.340. The number of aromatic nitrogens is 2. The van der Waals surface area contributed by atoms with Gasteiger partial charge in [0.2, 0.25) is 0 Å². The standard InChI is InChI=1S/C19H18ClN5O3/c20-18-17(22-12-4-11-21-14-5-2-1-3-6-14)13-23-24(19(18)26)15-7-9-16(10-8-15)25(27)28/h1-3,5-10,13,21-22H,4,11-12H2. The van der Waals surface area contributed by atoms with Gasteiger partial charge in [0.25, 0.3) is 11.2 Å². The van der Waals surface area contributed by atoms with E-state index in [1.807, 2.05) is 30.3 Å². The van der Waals surface area contributed by atoms with Crippen LogP contribution in [0.5, 0.6) is 0 Å². The summed E-state index contributed by atoms with van der Waals surface area (Å²) in [5.74, 6) is 0. The summed E-state index contributed by atoms with van der Waals surface area (Å²) in [7, 11) is 0. The van der Waals surface area contributed by atoms with E-state index in [4.69, 9.17) is 11.6 Å². The van der Waals surface area contributed by atoms with Crippen molar-refractivity contribution in [3.63, 3.8) is 0 Å². The highest BCUT2D eigenvalue weighted by Crippen LogP contribution is 2.18. The van der Waals surface area contributed by atoms with Crippen molar-refractivity contribution in [2.24, 2.45) is 0 Å². The van der Waals surface area contributed by atoms with E-state index in [9.17, 15) is 14.9 Å². The van der Waals surface area contributed by atoms with Gasteiger partial charge in [0.1, 0.15) is 5.02 Å². The lowest BCUT2D eigenvalue weighted by Gasteiger charge is -2.11. The van der Waals surface area contributed by atoms with Gasteiger partial charge in [-0.2, -0.15) is 9.78 Å². The van der Waals surface area contributed by atoms with Crippen molar-refractivity contribution < 1.29 is 4.92 Å². The van der Waals surface area contributed by atoms with E-state index in [-0.39, 0.29) is 10.7 Å². The monoisotopic (exact) mass is 399 g/mol. The van der Waals surface area contributed by atoms with Gasteiger partial charge in [-0.25, -0.2) is 0 Å². The first kappa shape index (κ1) is 19.4. The Labute approximate surface area is 165 Å². The molecule has 0 aliphatic heterocycles. The van der Waals surface area contributed by atoms with Crippen LogP contribution in [0, 0.1) is 10.1 Å². The number of nitrogens with zero attached hydrogens (tertiary/aromatic N) is 3. The largest absolute Gasteiger partial charge is 0.385 e. The summed E-state index contributed by atoms with van der Waals surface area (Å²) in [4.78, 5) is 22.7. The highest BCUT2D eigenvalue weighted by molar-refractivity contribution is 6.32. The van der Waals surface area contributed by atoms with Gasteiger partial charge in [0.15, 0.2) is 0 Å². The van der Waals surface area contributed by atoms with E-state index in [0.29, 0.717) is 17.9 Å². The van der Waals surface area contributed by atoms with Crippen molar-refractivity contribution in [3.05, 3.63) is 86.3 Å². The number of nitro groups is 1. The predicted molar refractivity (Wildman–Crippen MR) is 110 cm³/mol. The highest BCUT2D eigenvalue weighted by Gasteiger charge is 2.12. The van der Waals surface area contributed by atoms with E-state index >= 15 is 0 Å². The second kappa shape index (κ2) is 9.01. The van der Waals surface area contributed by atoms with Gasteiger partial charge in [-0.15, -0.1) is 0 Å². The average Bonchev–Trinajstić information content (AvgIpc) is 2.72. The molecule has 0 aliphatic rings. The van der Waals surface area contributed by atoms with E-state index < -0.39 is 10.5 Å². The molecule has 144 valence electrons. The third-order valence-electron chi connectivity index (χ3n) is 4.00. The predicted octanol–water partition coefficient (Wildman–Crippen LogP) is 3.71. The Morgan fingerprint density at radius 1 is 1.04 bits per heavy atom. The summed E-state index contributed by atoms with van der Waals surface area (Å²) in [6.45, 7) is 1.38. The number of hydrogen-bond donors (Lipinski definition) is 2. The molecule has 0 amide bonds. The molecule has 3 aromatic rings. The fraction of sp³-hybridized carbons (Fsp3) is 0.158. The molecule has 0 bridgehead atoms. The average molecular weight is 400 g/mol. The van der Waals surface area contributed by atoms with Crippen molar-refractivity contribution in [1.29, 1.82) is 0 Å². The maximum Gasteiger partial charge on any atom is 0.292 e. The van der Waals surface area contributed by atoms with Crippen LogP contribution in [0.1, 0.15) is 6.42 Å². The van der Waals surface area contributed by atoms with Gasteiger partial charge in [-0.1, -0.05) is 29.8 Å². The highest BCUT2D eigenvalue weighted by atomic mass is 35.5. The maximum atomic E-state index is 12.5. The van der Waals surface area contributed by atoms with Gasteiger partial charge in [-0.05, 0) is 30.7 Å². The molecule has 9 heteroatoms. The molecule has 1 heterocycles. The molecule has 0 saturated heterocycles. The van der Waals surface area contributed by atoms with Crippen LogP contribution in [-0.2, 0) is 0 Å².